The number of halogens is 1. The van der Waals surface area contributed by atoms with Gasteiger partial charge in [-0.05, 0) is 62.2 Å². The van der Waals surface area contributed by atoms with Gasteiger partial charge in [0.05, 0.1) is 11.5 Å². The average Bonchev–Trinajstić information content (AvgIpc) is 3.25. The first-order valence-corrected chi connectivity index (χ1v) is 11.2. The van der Waals surface area contributed by atoms with Crippen LogP contribution in [0.3, 0.4) is 0 Å². The van der Waals surface area contributed by atoms with Gasteiger partial charge in [-0.2, -0.15) is 9.29 Å². The smallest absolute Gasteiger partial charge is 0.258 e. The maximum absolute atomic E-state index is 13.4. The quantitative estimate of drug-likeness (QED) is 0.589. The molecule has 3 aromatic rings. The molecule has 2 aromatic carbocycles. The molecule has 158 valence electrons. The van der Waals surface area contributed by atoms with Crippen molar-refractivity contribution < 1.29 is 22.1 Å². The van der Waals surface area contributed by atoms with Gasteiger partial charge in [0.15, 0.2) is 5.82 Å². The maximum Gasteiger partial charge on any atom is 0.258 e. The molecule has 0 spiro atoms. The van der Waals surface area contributed by atoms with Crippen molar-refractivity contribution >= 4 is 10.0 Å². The van der Waals surface area contributed by atoms with E-state index in [0.717, 1.165) is 0 Å². The summed E-state index contributed by atoms with van der Waals surface area (Å²) in [7, 11) is -3.57. The predicted molar refractivity (Wildman–Crippen MR) is 108 cm³/mol. The Hall–Kier alpha value is -2.78. The Kier molecular flexibility index (Phi) is 5.83. The topological polar surface area (TPSA) is 85.5 Å². The fourth-order valence-electron chi connectivity index (χ4n) is 3.52. The van der Waals surface area contributed by atoms with Crippen molar-refractivity contribution in [2.24, 2.45) is 0 Å². The third kappa shape index (κ3) is 4.22. The highest BCUT2D eigenvalue weighted by atomic mass is 32.2. The van der Waals surface area contributed by atoms with Crippen LogP contribution in [0.25, 0.3) is 11.5 Å². The van der Waals surface area contributed by atoms with E-state index in [1.165, 1.54) is 16.4 Å². The molecule has 30 heavy (non-hydrogen) atoms. The Bertz CT molecular complexity index is 1110. The Balaban J connectivity index is 1.42. The molecule has 1 aliphatic heterocycles. The lowest BCUT2D eigenvalue weighted by Gasteiger charge is -2.29. The highest BCUT2D eigenvalue weighted by molar-refractivity contribution is 7.89. The molecule has 0 aliphatic carbocycles. The molecule has 7 nitrogen and oxygen atoms in total. The molecule has 1 saturated heterocycles. The Labute approximate surface area is 174 Å². The number of benzene rings is 2. The first-order chi connectivity index (χ1) is 14.5. The van der Waals surface area contributed by atoms with E-state index in [0.29, 0.717) is 49.7 Å². The first kappa shape index (κ1) is 20.5. The molecule has 0 atom stereocenters. The zero-order valence-corrected chi connectivity index (χ0v) is 17.3. The molecule has 0 amide bonds. The average molecular weight is 431 g/mol. The van der Waals surface area contributed by atoms with Gasteiger partial charge in [0.1, 0.15) is 11.6 Å². The number of hydrogen-bond donors (Lipinski definition) is 0. The molecule has 4 rings (SSSR count). The van der Waals surface area contributed by atoms with Crippen LogP contribution >= 0.6 is 0 Å². The third-order valence-electron chi connectivity index (χ3n) is 5.10. The third-order valence-corrected chi connectivity index (χ3v) is 7.02. The number of nitrogens with zero attached hydrogens (tertiary/aromatic N) is 3. The van der Waals surface area contributed by atoms with Crippen LogP contribution in [0.2, 0.25) is 0 Å². The monoisotopic (exact) mass is 431 g/mol. The van der Waals surface area contributed by atoms with E-state index in [2.05, 4.69) is 10.1 Å². The number of hydrogen-bond acceptors (Lipinski definition) is 6. The summed E-state index contributed by atoms with van der Waals surface area (Å²) < 4.78 is 51.4. The fraction of sp³-hybridized carbons (Fsp3) is 0.333. The van der Waals surface area contributed by atoms with Crippen molar-refractivity contribution in [1.82, 2.24) is 14.4 Å². The first-order valence-electron chi connectivity index (χ1n) is 9.80. The molecule has 9 heteroatoms. The van der Waals surface area contributed by atoms with Crippen LogP contribution in [-0.2, 0) is 10.0 Å². The molecule has 1 fully saturated rings. The van der Waals surface area contributed by atoms with Crippen LogP contribution in [0.15, 0.2) is 57.9 Å². The summed E-state index contributed by atoms with van der Waals surface area (Å²) in [5.74, 6) is 1.03. The number of aromatic nitrogens is 2. The molecule has 2 heterocycles. The second-order valence-corrected chi connectivity index (χ2v) is 8.99. The van der Waals surface area contributed by atoms with Crippen molar-refractivity contribution in [3.05, 3.63) is 60.2 Å². The van der Waals surface area contributed by atoms with Crippen LogP contribution in [0.4, 0.5) is 4.39 Å². The molecule has 0 N–H and O–H groups in total. The van der Waals surface area contributed by atoms with E-state index in [1.54, 1.807) is 36.4 Å². The number of sulfonamides is 1. The standard InChI is InChI=1S/C21H22FN3O4S/c1-2-28-18-6-8-19(9-7-18)30(26,27)25-12-10-15(11-13-25)20-23-21(29-24-20)16-4-3-5-17(22)14-16/h3-9,14-15H,2,10-13H2,1H3. The zero-order chi connectivity index (χ0) is 21.1. The lowest BCUT2D eigenvalue weighted by molar-refractivity contribution is 0.307. The Morgan fingerprint density at radius 3 is 2.57 bits per heavy atom. The van der Waals surface area contributed by atoms with Gasteiger partial charge in [0.2, 0.25) is 10.0 Å². The van der Waals surface area contributed by atoms with Crippen LogP contribution in [0.5, 0.6) is 5.75 Å². The van der Waals surface area contributed by atoms with Gasteiger partial charge >= 0.3 is 0 Å². The van der Waals surface area contributed by atoms with Gasteiger partial charge in [0.25, 0.3) is 5.89 Å². The van der Waals surface area contributed by atoms with E-state index >= 15 is 0 Å². The van der Waals surface area contributed by atoms with Crippen LogP contribution in [0, 0.1) is 5.82 Å². The predicted octanol–water partition coefficient (Wildman–Crippen LogP) is 3.84. The highest BCUT2D eigenvalue weighted by Gasteiger charge is 2.32. The van der Waals surface area contributed by atoms with Gasteiger partial charge in [-0.3, -0.25) is 0 Å². The second kappa shape index (κ2) is 8.53. The fourth-order valence-corrected chi connectivity index (χ4v) is 4.99. The van der Waals surface area contributed by atoms with E-state index < -0.39 is 10.0 Å². The van der Waals surface area contributed by atoms with Crippen LogP contribution < -0.4 is 4.74 Å². The summed E-state index contributed by atoms with van der Waals surface area (Å²) in [6, 6.07) is 12.4. The Morgan fingerprint density at radius 1 is 1.17 bits per heavy atom. The van der Waals surface area contributed by atoms with E-state index in [9.17, 15) is 12.8 Å². The lowest BCUT2D eigenvalue weighted by Crippen LogP contribution is -2.38. The molecule has 1 aliphatic rings. The minimum atomic E-state index is -3.57. The van der Waals surface area contributed by atoms with E-state index in [1.807, 2.05) is 6.92 Å². The van der Waals surface area contributed by atoms with Gasteiger partial charge in [0, 0.05) is 24.6 Å². The van der Waals surface area contributed by atoms with Crippen LogP contribution in [-0.4, -0.2) is 42.6 Å². The molecule has 0 radical (unpaired) electrons. The van der Waals surface area contributed by atoms with Crippen molar-refractivity contribution in [3.63, 3.8) is 0 Å². The summed E-state index contributed by atoms with van der Waals surface area (Å²) in [5, 5.41) is 4.03. The minimum absolute atomic E-state index is 0.0113. The molecule has 0 bridgehead atoms. The van der Waals surface area contributed by atoms with E-state index in [-0.39, 0.29) is 22.5 Å². The minimum Gasteiger partial charge on any atom is -0.494 e. The lowest BCUT2D eigenvalue weighted by atomic mass is 9.97. The summed E-state index contributed by atoms with van der Waals surface area (Å²) in [6.45, 7) is 3.13. The van der Waals surface area contributed by atoms with Gasteiger partial charge in [-0.25, -0.2) is 12.8 Å². The molecule has 0 unspecified atom stereocenters. The Morgan fingerprint density at radius 2 is 1.90 bits per heavy atom. The van der Waals surface area contributed by atoms with Crippen LogP contribution in [0.1, 0.15) is 31.5 Å². The van der Waals surface area contributed by atoms with Gasteiger partial charge < -0.3 is 9.26 Å². The largest absolute Gasteiger partial charge is 0.494 e. The number of rotatable bonds is 6. The highest BCUT2D eigenvalue weighted by Crippen LogP contribution is 2.31. The molecule has 1 aromatic heterocycles. The molecular weight excluding hydrogens is 409 g/mol. The van der Waals surface area contributed by atoms with Crippen molar-refractivity contribution in [2.75, 3.05) is 19.7 Å². The SMILES string of the molecule is CCOc1ccc(S(=O)(=O)N2CCC(c3noc(-c4cccc(F)c4)n3)CC2)cc1. The summed E-state index contributed by atoms with van der Waals surface area (Å²) in [4.78, 5) is 4.64. The summed E-state index contributed by atoms with van der Waals surface area (Å²) in [5.41, 5.74) is 0.518. The zero-order valence-electron chi connectivity index (χ0n) is 16.5. The second-order valence-electron chi connectivity index (χ2n) is 7.05. The van der Waals surface area contributed by atoms with Gasteiger partial charge in [-0.1, -0.05) is 11.2 Å². The number of ether oxygens (including phenoxy) is 1. The summed E-state index contributed by atoms with van der Waals surface area (Å²) in [6.07, 6.45) is 1.16. The van der Waals surface area contributed by atoms with Crippen molar-refractivity contribution in [2.45, 2.75) is 30.6 Å². The van der Waals surface area contributed by atoms with Crippen molar-refractivity contribution in [3.8, 4) is 17.2 Å². The van der Waals surface area contributed by atoms with E-state index in [4.69, 9.17) is 9.26 Å². The number of piperidine rings is 1. The normalized spacial score (nSPS) is 15.9. The maximum atomic E-state index is 13.4. The summed E-state index contributed by atoms with van der Waals surface area (Å²) >= 11 is 0. The van der Waals surface area contributed by atoms with Gasteiger partial charge in [-0.15, -0.1) is 0 Å². The molecule has 0 saturated carbocycles. The van der Waals surface area contributed by atoms with Crippen molar-refractivity contribution in [1.29, 1.82) is 0 Å². The molecular formula is C21H22FN3O4S.